The molecule has 1 fully saturated rings. The number of ether oxygens (including phenoxy) is 1. The van der Waals surface area contributed by atoms with Gasteiger partial charge in [-0.3, -0.25) is 9.69 Å². The van der Waals surface area contributed by atoms with Crippen molar-refractivity contribution in [1.29, 1.82) is 5.26 Å². The van der Waals surface area contributed by atoms with Crippen LogP contribution in [0.4, 0.5) is 11.5 Å². The van der Waals surface area contributed by atoms with Crippen LogP contribution in [-0.4, -0.2) is 66.3 Å². The summed E-state index contributed by atoms with van der Waals surface area (Å²) >= 11 is 0. The van der Waals surface area contributed by atoms with E-state index in [-0.39, 0.29) is 12.5 Å². The number of nitrogens with zero attached hydrogens (tertiary/aromatic N) is 4. The second-order valence-electron chi connectivity index (χ2n) is 6.97. The lowest BCUT2D eigenvalue weighted by molar-refractivity contribution is -0.114. The molecule has 0 radical (unpaired) electrons. The highest BCUT2D eigenvalue weighted by atomic mass is 16.5. The van der Waals surface area contributed by atoms with Crippen LogP contribution >= 0.6 is 0 Å². The second kappa shape index (κ2) is 9.87. The molecular weight excluding hydrogens is 370 g/mol. The Hall–Kier alpha value is -3.15. The number of pyridine rings is 1. The van der Waals surface area contributed by atoms with Gasteiger partial charge >= 0.3 is 0 Å². The normalized spacial score (nSPS) is 15.4. The van der Waals surface area contributed by atoms with Crippen molar-refractivity contribution in [1.82, 2.24) is 9.88 Å². The fourth-order valence-electron chi connectivity index (χ4n) is 3.20. The molecule has 1 atom stereocenters. The van der Waals surface area contributed by atoms with Gasteiger partial charge in [-0.15, -0.1) is 0 Å². The van der Waals surface area contributed by atoms with Crippen LogP contribution in [0.5, 0.6) is 5.75 Å². The molecule has 0 spiro atoms. The minimum atomic E-state index is -0.600. The number of carbonyl (C=O) groups excluding carboxylic acids is 1. The predicted molar refractivity (Wildman–Crippen MR) is 110 cm³/mol. The fourth-order valence-corrected chi connectivity index (χ4v) is 3.20. The third kappa shape index (κ3) is 6.17. The first-order valence-corrected chi connectivity index (χ1v) is 9.55. The van der Waals surface area contributed by atoms with Crippen LogP contribution in [0.15, 0.2) is 42.6 Å². The number of amides is 1. The van der Waals surface area contributed by atoms with Crippen LogP contribution < -0.4 is 15.0 Å². The number of hydrogen-bond donors (Lipinski definition) is 2. The van der Waals surface area contributed by atoms with Crippen LogP contribution in [0, 0.1) is 11.3 Å². The Bertz CT molecular complexity index is 857. The van der Waals surface area contributed by atoms with Crippen molar-refractivity contribution in [3.63, 3.8) is 0 Å². The largest absolute Gasteiger partial charge is 0.491 e. The Labute approximate surface area is 170 Å². The van der Waals surface area contributed by atoms with Crippen molar-refractivity contribution < 1.29 is 14.6 Å². The van der Waals surface area contributed by atoms with Crippen molar-refractivity contribution in [2.24, 2.45) is 0 Å². The number of rotatable bonds is 7. The third-order valence-corrected chi connectivity index (χ3v) is 4.66. The van der Waals surface area contributed by atoms with Gasteiger partial charge in [-0.25, -0.2) is 4.98 Å². The Morgan fingerprint density at radius 1 is 1.28 bits per heavy atom. The number of hydrogen-bond acceptors (Lipinski definition) is 7. The molecule has 152 valence electrons. The number of benzene rings is 1. The second-order valence-corrected chi connectivity index (χ2v) is 6.97. The predicted octanol–water partition coefficient (Wildman–Crippen LogP) is 1.47. The standard InChI is InChI=1S/C21H25N5O3/c1-16(27)24-18-2-4-20(5-3-18)29-15-19(28)14-25-8-10-26(11-9-25)21-12-17(13-22)6-7-23-21/h2-7,12,19,28H,8-11,14-15H2,1H3,(H,24,27)/t19-/m0/s1. The molecule has 0 aliphatic carbocycles. The van der Waals surface area contributed by atoms with E-state index in [1.54, 1.807) is 42.6 Å². The van der Waals surface area contributed by atoms with Gasteiger partial charge in [-0.05, 0) is 36.4 Å². The first kappa shape index (κ1) is 20.6. The summed E-state index contributed by atoms with van der Waals surface area (Å²) in [6.45, 7) is 5.39. The molecule has 1 saturated heterocycles. The molecule has 3 rings (SSSR count). The summed E-state index contributed by atoms with van der Waals surface area (Å²) in [4.78, 5) is 19.7. The van der Waals surface area contributed by atoms with Gasteiger partial charge in [0.2, 0.25) is 5.91 Å². The van der Waals surface area contributed by atoms with Crippen LogP contribution in [0.3, 0.4) is 0 Å². The number of nitrogens with one attached hydrogen (secondary N) is 1. The molecule has 1 aliphatic rings. The molecule has 0 unspecified atom stereocenters. The van der Waals surface area contributed by atoms with E-state index in [2.05, 4.69) is 26.2 Å². The average molecular weight is 395 g/mol. The van der Waals surface area contributed by atoms with Crippen LogP contribution in [-0.2, 0) is 4.79 Å². The molecule has 29 heavy (non-hydrogen) atoms. The zero-order chi connectivity index (χ0) is 20.6. The number of anilines is 2. The Morgan fingerprint density at radius 2 is 2.00 bits per heavy atom. The smallest absolute Gasteiger partial charge is 0.221 e. The molecule has 2 N–H and O–H groups in total. The molecule has 1 aromatic heterocycles. The highest BCUT2D eigenvalue weighted by molar-refractivity contribution is 5.88. The first-order chi connectivity index (χ1) is 14.0. The topological polar surface area (TPSA) is 102 Å². The number of aliphatic hydroxyl groups excluding tert-OH is 1. The molecule has 1 amide bonds. The van der Waals surface area contributed by atoms with Gasteiger partial charge in [-0.2, -0.15) is 5.26 Å². The van der Waals surface area contributed by atoms with E-state index in [1.165, 1.54) is 6.92 Å². The highest BCUT2D eigenvalue weighted by Crippen LogP contribution is 2.17. The molecular formula is C21H25N5O3. The van der Waals surface area contributed by atoms with Gasteiger partial charge in [0.1, 0.15) is 24.3 Å². The summed E-state index contributed by atoms with van der Waals surface area (Å²) in [5.74, 6) is 1.34. The van der Waals surface area contributed by atoms with E-state index < -0.39 is 6.10 Å². The molecule has 0 bridgehead atoms. The highest BCUT2D eigenvalue weighted by Gasteiger charge is 2.20. The molecule has 1 aromatic carbocycles. The number of β-amino-alcohol motifs (C(OH)–C–C–N with tert-alkyl or cyclic N) is 1. The van der Waals surface area contributed by atoms with Crippen molar-refractivity contribution >= 4 is 17.4 Å². The number of aliphatic hydroxyl groups is 1. The van der Waals surface area contributed by atoms with Crippen molar-refractivity contribution in [3.05, 3.63) is 48.2 Å². The summed E-state index contributed by atoms with van der Waals surface area (Å²) in [5.41, 5.74) is 1.31. The van der Waals surface area contributed by atoms with Gasteiger partial charge in [0.05, 0.1) is 11.6 Å². The monoisotopic (exact) mass is 395 g/mol. The van der Waals surface area contributed by atoms with Crippen molar-refractivity contribution in [3.8, 4) is 11.8 Å². The van der Waals surface area contributed by atoms with Gasteiger partial charge in [0.15, 0.2) is 0 Å². The van der Waals surface area contributed by atoms with Crippen LogP contribution in [0.2, 0.25) is 0 Å². The minimum absolute atomic E-state index is 0.122. The summed E-state index contributed by atoms with van der Waals surface area (Å²) in [6, 6.07) is 12.7. The number of nitriles is 1. The SMILES string of the molecule is CC(=O)Nc1ccc(OC[C@@H](O)CN2CCN(c3cc(C#N)ccn3)CC2)cc1. The molecule has 0 saturated carbocycles. The lowest BCUT2D eigenvalue weighted by atomic mass is 10.2. The zero-order valence-corrected chi connectivity index (χ0v) is 16.4. The maximum Gasteiger partial charge on any atom is 0.221 e. The number of carbonyl (C=O) groups is 1. The summed E-state index contributed by atoms with van der Waals surface area (Å²) in [5, 5.41) is 22.0. The molecule has 1 aliphatic heterocycles. The fraction of sp³-hybridized carbons (Fsp3) is 0.381. The molecule has 8 heteroatoms. The quantitative estimate of drug-likeness (QED) is 0.732. The van der Waals surface area contributed by atoms with Gasteiger partial charge in [-0.1, -0.05) is 0 Å². The van der Waals surface area contributed by atoms with Crippen LogP contribution in [0.25, 0.3) is 0 Å². The Kier molecular flexibility index (Phi) is 7.00. The Balaban J connectivity index is 1.41. The lowest BCUT2D eigenvalue weighted by Crippen LogP contribution is -2.49. The maximum atomic E-state index is 11.0. The number of piperazine rings is 1. The summed E-state index contributed by atoms with van der Waals surface area (Å²) in [7, 11) is 0. The van der Waals surface area contributed by atoms with E-state index in [4.69, 9.17) is 10.00 Å². The summed E-state index contributed by atoms with van der Waals surface area (Å²) in [6.07, 6.45) is 1.06. The van der Waals surface area contributed by atoms with Crippen molar-refractivity contribution in [2.45, 2.75) is 13.0 Å². The van der Waals surface area contributed by atoms with Crippen molar-refractivity contribution in [2.75, 3.05) is 49.5 Å². The van der Waals surface area contributed by atoms with E-state index in [1.807, 2.05) is 0 Å². The molecule has 8 nitrogen and oxygen atoms in total. The summed E-state index contributed by atoms with van der Waals surface area (Å²) < 4.78 is 5.64. The molecule has 2 heterocycles. The zero-order valence-electron chi connectivity index (χ0n) is 16.4. The molecule has 2 aromatic rings. The van der Waals surface area contributed by atoms with Crippen LogP contribution in [0.1, 0.15) is 12.5 Å². The number of aromatic nitrogens is 1. The first-order valence-electron chi connectivity index (χ1n) is 9.55. The van der Waals surface area contributed by atoms with E-state index in [9.17, 15) is 9.90 Å². The van der Waals surface area contributed by atoms with E-state index >= 15 is 0 Å². The van der Waals surface area contributed by atoms with Gasteiger partial charge in [0, 0.05) is 51.5 Å². The third-order valence-electron chi connectivity index (χ3n) is 4.66. The minimum Gasteiger partial charge on any atom is -0.491 e. The van der Waals surface area contributed by atoms with Gasteiger partial charge in [0.25, 0.3) is 0 Å². The van der Waals surface area contributed by atoms with E-state index in [0.29, 0.717) is 23.5 Å². The lowest BCUT2D eigenvalue weighted by Gasteiger charge is -2.36. The van der Waals surface area contributed by atoms with Gasteiger partial charge < -0.3 is 20.1 Å². The van der Waals surface area contributed by atoms with E-state index in [0.717, 1.165) is 32.0 Å². The average Bonchev–Trinajstić information content (AvgIpc) is 2.73. The Morgan fingerprint density at radius 3 is 2.66 bits per heavy atom. The maximum absolute atomic E-state index is 11.0.